The minimum atomic E-state index is -3.83. The highest BCUT2D eigenvalue weighted by Gasteiger charge is 2.17. The summed E-state index contributed by atoms with van der Waals surface area (Å²) in [6.45, 7) is 0. The van der Waals surface area contributed by atoms with Crippen molar-refractivity contribution < 1.29 is 13.2 Å². The number of carbonyl (C=O) groups excluding carboxylic acids is 1. The number of hydrazine groups is 1. The van der Waals surface area contributed by atoms with Crippen LogP contribution in [0, 0.1) is 0 Å². The molecular weight excluding hydrogens is 310 g/mol. The van der Waals surface area contributed by atoms with E-state index < -0.39 is 16.1 Å². The predicted octanol–water partition coefficient (Wildman–Crippen LogP) is 0.914. The number of rotatable bonds is 3. The zero-order chi connectivity index (χ0) is 13.1. The number of nitrogens with one attached hydrogen (secondary N) is 2. The topological polar surface area (TPSA) is 78.5 Å². The quantitative estimate of drug-likeness (QED) is 0.811. The van der Waals surface area contributed by atoms with Crippen LogP contribution in [-0.4, -0.2) is 33.6 Å². The Morgan fingerprint density at radius 2 is 1.76 bits per heavy atom. The summed E-state index contributed by atoms with van der Waals surface area (Å²) in [5, 5.41) is 1.34. The minimum absolute atomic E-state index is 0.0228. The van der Waals surface area contributed by atoms with Gasteiger partial charge in [-0.2, -0.15) is 0 Å². The van der Waals surface area contributed by atoms with Crippen LogP contribution < -0.4 is 10.1 Å². The van der Waals surface area contributed by atoms with Crippen LogP contribution in [0.1, 0.15) is 0 Å². The molecule has 0 saturated carbocycles. The number of nitrogens with zero attached hydrogens (tertiary/aromatic N) is 1. The normalized spacial score (nSPS) is 11.3. The number of carbonyl (C=O) groups is 1. The molecule has 17 heavy (non-hydrogen) atoms. The average Bonchev–Trinajstić information content (AvgIpc) is 2.15. The van der Waals surface area contributed by atoms with Gasteiger partial charge in [0.1, 0.15) is 0 Å². The SMILES string of the molecule is CN(C)NC(=O)NS(=O)(=O)c1ccc(Br)cc1. The maximum absolute atomic E-state index is 11.7. The molecule has 2 N–H and O–H groups in total. The van der Waals surface area contributed by atoms with E-state index in [1.807, 2.05) is 4.72 Å². The van der Waals surface area contributed by atoms with Crippen molar-refractivity contribution in [3.8, 4) is 0 Å². The third kappa shape index (κ3) is 4.33. The Labute approximate surface area is 108 Å². The highest BCUT2D eigenvalue weighted by molar-refractivity contribution is 9.10. The van der Waals surface area contributed by atoms with Gasteiger partial charge in [-0.3, -0.25) is 5.43 Å². The van der Waals surface area contributed by atoms with E-state index in [0.29, 0.717) is 0 Å². The standard InChI is InChI=1S/C9H12BrN3O3S/c1-13(2)11-9(14)12-17(15,16)8-5-3-7(10)4-6-8/h3-6H,1-2H3,(H2,11,12,14). The molecule has 6 nitrogen and oxygen atoms in total. The molecule has 0 radical (unpaired) electrons. The lowest BCUT2D eigenvalue weighted by Gasteiger charge is -2.13. The van der Waals surface area contributed by atoms with E-state index in [2.05, 4.69) is 21.4 Å². The molecule has 0 aliphatic rings. The zero-order valence-corrected chi connectivity index (χ0v) is 11.7. The smallest absolute Gasteiger partial charge is 0.270 e. The number of halogens is 1. The maximum atomic E-state index is 11.7. The summed E-state index contributed by atoms with van der Waals surface area (Å²) in [5.41, 5.74) is 2.27. The lowest BCUT2D eigenvalue weighted by Crippen LogP contribution is -2.45. The Kier molecular flexibility index (Phi) is 4.49. The van der Waals surface area contributed by atoms with Crippen LogP contribution in [0.5, 0.6) is 0 Å². The van der Waals surface area contributed by atoms with Crippen molar-refractivity contribution in [2.45, 2.75) is 4.90 Å². The number of benzene rings is 1. The molecule has 0 fully saturated rings. The van der Waals surface area contributed by atoms with E-state index in [0.717, 1.165) is 4.47 Å². The van der Waals surface area contributed by atoms with E-state index in [-0.39, 0.29) is 4.90 Å². The molecule has 0 aromatic heterocycles. The fraction of sp³-hybridized carbons (Fsp3) is 0.222. The number of amides is 2. The van der Waals surface area contributed by atoms with Gasteiger partial charge < -0.3 is 0 Å². The molecule has 1 aromatic rings. The lowest BCUT2D eigenvalue weighted by atomic mass is 10.4. The van der Waals surface area contributed by atoms with Crippen LogP contribution in [0.4, 0.5) is 4.79 Å². The number of urea groups is 1. The van der Waals surface area contributed by atoms with Gasteiger partial charge in [0.25, 0.3) is 10.0 Å². The Balaban J connectivity index is 2.82. The van der Waals surface area contributed by atoms with Gasteiger partial charge >= 0.3 is 6.03 Å². The van der Waals surface area contributed by atoms with Crippen LogP contribution in [0.15, 0.2) is 33.6 Å². The van der Waals surface area contributed by atoms with Gasteiger partial charge in [0, 0.05) is 18.6 Å². The average molecular weight is 322 g/mol. The fourth-order valence-corrected chi connectivity index (χ4v) is 2.19. The van der Waals surface area contributed by atoms with Crippen molar-refractivity contribution in [1.29, 1.82) is 0 Å². The molecule has 2 amide bonds. The Morgan fingerprint density at radius 1 is 1.24 bits per heavy atom. The zero-order valence-electron chi connectivity index (χ0n) is 9.27. The van der Waals surface area contributed by atoms with E-state index in [1.165, 1.54) is 17.1 Å². The first-order valence-corrected chi connectivity index (χ1v) is 6.85. The van der Waals surface area contributed by atoms with E-state index in [4.69, 9.17) is 0 Å². The van der Waals surface area contributed by atoms with Crippen molar-refractivity contribution in [2.24, 2.45) is 0 Å². The molecular formula is C9H12BrN3O3S. The molecule has 0 aliphatic carbocycles. The second-order valence-electron chi connectivity index (χ2n) is 3.39. The van der Waals surface area contributed by atoms with Crippen LogP contribution in [0.3, 0.4) is 0 Å². The largest absolute Gasteiger partial charge is 0.343 e. The molecule has 0 bridgehead atoms. The second kappa shape index (κ2) is 5.48. The maximum Gasteiger partial charge on any atom is 0.343 e. The van der Waals surface area contributed by atoms with Gasteiger partial charge in [-0.05, 0) is 24.3 Å². The summed E-state index contributed by atoms with van der Waals surface area (Å²) in [4.78, 5) is 11.3. The van der Waals surface area contributed by atoms with Gasteiger partial charge in [-0.1, -0.05) is 15.9 Å². The molecule has 94 valence electrons. The number of hydrogen-bond donors (Lipinski definition) is 2. The van der Waals surface area contributed by atoms with Gasteiger partial charge in [0.15, 0.2) is 0 Å². The first-order valence-electron chi connectivity index (χ1n) is 4.57. The van der Waals surface area contributed by atoms with Gasteiger partial charge in [-0.15, -0.1) is 0 Å². The van der Waals surface area contributed by atoms with Crippen LogP contribution in [0.25, 0.3) is 0 Å². The number of hydrogen-bond acceptors (Lipinski definition) is 4. The van der Waals surface area contributed by atoms with Crippen molar-refractivity contribution in [3.63, 3.8) is 0 Å². The minimum Gasteiger partial charge on any atom is -0.270 e. The summed E-state index contributed by atoms with van der Waals surface area (Å²) < 4.78 is 26.1. The van der Waals surface area contributed by atoms with Gasteiger partial charge in [-0.25, -0.2) is 22.9 Å². The second-order valence-corrected chi connectivity index (χ2v) is 5.99. The molecule has 8 heteroatoms. The van der Waals surface area contributed by atoms with Crippen LogP contribution in [-0.2, 0) is 10.0 Å². The Morgan fingerprint density at radius 3 is 2.24 bits per heavy atom. The van der Waals surface area contributed by atoms with E-state index in [9.17, 15) is 13.2 Å². The third-order valence-corrected chi connectivity index (χ3v) is 3.55. The van der Waals surface area contributed by atoms with Crippen LogP contribution in [0.2, 0.25) is 0 Å². The van der Waals surface area contributed by atoms with E-state index in [1.54, 1.807) is 26.2 Å². The van der Waals surface area contributed by atoms with Gasteiger partial charge in [0.2, 0.25) is 0 Å². The van der Waals surface area contributed by atoms with Crippen LogP contribution >= 0.6 is 15.9 Å². The molecule has 0 atom stereocenters. The third-order valence-electron chi connectivity index (χ3n) is 1.68. The summed E-state index contributed by atoms with van der Waals surface area (Å²) in [5.74, 6) is 0. The first kappa shape index (κ1) is 13.9. The summed E-state index contributed by atoms with van der Waals surface area (Å²) in [6.07, 6.45) is 0. The highest BCUT2D eigenvalue weighted by atomic mass is 79.9. The lowest BCUT2D eigenvalue weighted by molar-refractivity contribution is 0.217. The van der Waals surface area contributed by atoms with E-state index >= 15 is 0 Å². The Hall–Kier alpha value is -1.12. The predicted molar refractivity (Wildman–Crippen MR) is 66.7 cm³/mol. The van der Waals surface area contributed by atoms with Gasteiger partial charge in [0.05, 0.1) is 4.90 Å². The molecule has 0 saturated heterocycles. The van der Waals surface area contributed by atoms with Crippen molar-refractivity contribution in [1.82, 2.24) is 15.2 Å². The molecule has 0 spiro atoms. The first-order chi connectivity index (χ1) is 7.81. The van der Waals surface area contributed by atoms with Crippen molar-refractivity contribution in [3.05, 3.63) is 28.7 Å². The highest BCUT2D eigenvalue weighted by Crippen LogP contribution is 2.14. The molecule has 1 rings (SSSR count). The number of sulfonamides is 1. The summed E-state index contributed by atoms with van der Waals surface area (Å²) in [7, 11) is -0.681. The molecule has 1 aromatic carbocycles. The monoisotopic (exact) mass is 321 g/mol. The fourth-order valence-electron chi connectivity index (χ4n) is 1.02. The summed E-state index contributed by atoms with van der Waals surface area (Å²) >= 11 is 3.19. The molecule has 0 aliphatic heterocycles. The molecule has 0 heterocycles. The Bertz CT molecular complexity index is 499. The summed E-state index contributed by atoms with van der Waals surface area (Å²) in [6, 6.07) is 5.15. The molecule has 0 unspecified atom stereocenters. The van der Waals surface area contributed by atoms with Crippen molar-refractivity contribution in [2.75, 3.05) is 14.1 Å². The van der Waals surface area contributed by atoms with Crippen molar-refractivity contribution >= 4 is 32.0 Å².